The molecule has 4 aromatic rings. The summed E-state index contributed by atoms with van der Waals surface area (Å²) < 4.78 is 30.1. The standard InChI is InChI=1S/C21H18ClN3O2S/c1-14-8-9-25-13-20(23-21(25)10-14)16-7-6-15(2)19(11-16)24-28(26,27)18-5-3-4-17(22)12-18/h3-13,24H,1-2H3. The smallest absolute Gasteiger partial charge is 0.261 e. The maximum Gasteiger partial charge on any atom is 0.261 e. The molecule has 0 saturated carbocycles. The third-order valence-electron chi connectivity index (χ3n) is 4.50. The molecule has 5 nitrogen and oxygen atoms in total. The lowest BCUT2D eigenvalue weighted by Gasteiger charge is -2.12. The van der Waals surface area contributed by atoms with E-state index >= 15 is 0 Å². The van der Waals surface area contributed by atoms with Crippen LogP contribution in [0.2, 0.25) is 5.02 Å². The molecule has 142 valence electrons. The van der Waals surface area contributed by atoms with Crippen LogP contribution in [0.1, 0.15) is 11.1 Å². The minimum Gasteiger partial charge on any atom is -0.306 e. The van der Waals surface area contributed by atoms with Crippen LogP contribution < -0.4 is 4.72 Å². The van der Waals surface area contributed by atoms with E-state index in [0.29, 0.717) is 10.7 Å². The normalized spacial score (nSPS) is 11.7. The number of fused-ring (bicyclic) bond motifs is 1. The van der Waals surface area contributed by atoms with Crippen LogP contribution in [-0.4, -0.2) is 17.8 Å². The van der Waals surface area contributed by atoms with Crippen molar-refractivity contribution >= 4 is 33.0 Å². The van der Waals surface area contributed by atoms with Gasteiger partial charge in [0.1, 0.15) is 5.65 Å². The molecule has 0 spiro atoms. The van der Waals surface area contributed by atoms with Gasteiger partial charge in [0.2, 0.25) is 0 Å². The topological polar surface area (TPSA) is 63.5 Å². The molecule has 7 heteroatoms. The molecule has 2 aromatic heterocycles. The first-order valence-corrected chi connectivity index (χ1v) is 10.5. The minimum absolute atomic E-state index is 0.119. The highest BCUT2D eigenvalue weighted by Gasteiger charge is 2.16. The molecule has 0 radical (unpaired) electrons. The monoisotopic (exact) mass is 411 g/mol. The fourth-order valence-corrected chi connectivity index (χ4v) is 4.37. The van der Waals surface area contributed by atoms with E-state index in [1.54, 1.807) is 18.2 Å². The van der Waals surface area contributed by atoms with E-state index in [1.807, 2.05) is 54.9 Å². The highest BCUT2D eigenvalue weighted by Crippen LogP contribution is 2.27. The number of rotatable bonds is 4. The first kappa shape index (κ1) is 18.5. The Kier molecular flexibility index (Phi) is 4.61. The van der Waals surface area contributed by atoms with Gasteiger partial charge in [0, 0.05) is 23.0 Å². The molecule has 2 aromatic carbocycles. The van der Waals surface area contributed by atoms with Gasteiger partial charge in [-0.25, -0.2) is 13.4 Å². The molecule has 0 bridgehead atoms. The SMILES string of the molecule is Cc1ccn2cc(-c3ccc(C)c(NS(=O)(=O)c4cccc(Cl)c4)c3)nc2c1. The summed E-state index contributed by atoms with van der Waals surface area (Å²) in [5.41, 5.74) is 4.89. The molecule has 0 saturated heterocycles. The fourth-order valence-electron chi connectivity index (χ4n) is 2.95. The number of aryl methyl sites for hydroxylation is 2. The van der Waals surface area contributed by atoms with E-state index in [4.69, 9.17) is 11.6 Å². The summed E-state index contributed by atoms with van der Waals surface area (Å²) in [6, 6.07) is 15.8. The van der Waals surface area contributed by atoms with Gasteiger partial charge >= 0.3 is 0 Å². The summed E-state index contributed by atoms with van der Waals surface area (Å²) in [6.45, 7) is 3.87. The summed E-state index contributed by atoms with van der Waals surface area (Å²) in [4.78, 5) is 4.77. The van der Waals surface area contributed by atoms with Crippen molar-refractivity contribution in [3.8, 4) is 11.3 Å². The Hall–Kier alpha value is -2.83. The number of hydrogen-bond acceptors (Lipinski definition) is 3. The largest absolute Gasteiger partial charge is 0.306 e. The molecular weight excluding hydrogens is 394 g/mol. The van der Waals surface area contributed by atoms with Gasteiger partial charge in [-0.3, -0.25) is 4.72 Å². The summed E-state index contributed by atoms with van der Waals surface area (Å²) in [6.07, 6.45) is 3.88. The molecule has 28 heavy (non-hydrogen) atoms. The minimum atomic E-state index is -3.75. The lowest BCUT2D eigenvalue weighted by Crippen LogP contribution is -2.13. The number of imidazole rings is 1. The third kappa shape index (κ3) is 3.61. The van der Waals surface area contributed by atoms with Gasteiger partial charge in [0.05, 0.1) is 16.3 Å². The lowest BCUT2D eigenvalue weighted by molar-refractivity contribution is 0.601. The van der Waals surface area contributed by atoms with Crippen molar-refractivity contribution in [1.29, 1.82) is 0 Å². The molecule has 2 heterocycles. The maximum absolute atomic E-state index is 12.7. The zero-order valence-electron chi connectivity index (χ0n) is 15.3. The van der Waals surface area contributed by atoms with Crippen LogP contribution >= 0.6 is 11.6 Å². The van der Waals surface area contributed by atoms with Crippen molar-refractivity contribution in [3.05, 3.63) is 83.1 Å². The second-order valence-corrected chi connectivity index (χ2v) is 8.81. The van der Waals surface area contributed by atoms with Crippen molar-refractivity contribution in [2.75, 3.05) is 4.72 Å². The van der Waals surface area contributed by atoms with Crippen molar-refractivity contribution in [2.24, 2.45) is 0 Å². The number of nitrogens with one attached hydrogen (secondary N) is 1. The van der Waals surface area contributed by atoms with Gasteiger partial charge in [-0.2, -0.15) is 0 Å². The summed E-state index contributed by atoms with van der Waals surface area (Å²) in [5, 5.41) is 0.369. The Morgan fingerprint density at radius 1 is 1.04 bits per heavy atom. The molecule has 0 aliphatic rings. The number of sulfonamides is 1. The molecule has 4 rings (SSSR count). The molecule has 0 aliphatic heterocycles. The van der Waals surface area contributed by atoms with Crippen LogP contribution in [0.25, 0.3) is 16.9 Å². The number of hydrogen-bond donors (Lipinski definition) is 1. The van der Waals surface area contributed by atoms with Gasteiger partial charge in [-0.1, -0.05) is 29.8 Å². The van der Waals surface area contributed by atoms with E-state index in [-0.39, 0.29) is 4.90 Å². The van der Waals surface area contributed by atoms with Crippen LogP contribution in [0.15, 0.2) is 71.9 Å². The van der Waals surface area contributed by atoms with Crippen LogP contribution in [0, 0.1) is 13.8 Å². The summed E-state index contributed by atoms with van der Waals surface area (Å²) >= 11 is 5.94. The fraction of sp³-hybridized carbons (Fsp3) is 0.0952. The third-order valence-corrected chi connectivity index (χ3v) is 6.10. The summed E-state index contributed by atoms with van der Waals surface area (Å²) in [5.74, 6) is 0. The number of benzene rings is 2. The number of pyridine rings is 1. The first-order chi connectivity index (χ1) is 13.3. The van der Waals surface area contributed by atoms with Gasteiger partial charge in [-0.15, -0.1) is 0 Å². The van der Waals surface area contributed by atoms with E-state index in [9.17, 15) is 8.42 Å². The Labute approximate surface area is 168 Å². The second kappa shape index (κ2) is 6.96. The molecule has 0 aliphatic carbocycles. The first-order valence-electron chi connectivity index (χ1n) is 8.67. The Balaban J connectivity index is 1.72. The van der Waals surface area contributed by atoms with Crippen LogP contribution in [0.3, 0.4) is 0 Å². The highest BCUT2D eigenvalue weighted by atomic mass is 35.5. The molecular formula is C21H18ClN3O2S. The molecule has 0 amide bonds. The molecule has 0 fully saturated rings. The molecule has 0 atom stereocenters. The molecule has 0 unspecified atom stereocenters. The highest BCUT2D eigenvalue weighted by molar-refractivity contribution is 7.92. The van der Waals surface area contributed by atoms with Gasteiger partial charge in [0.25, 0.3) is 10.0 Å². The van der Waals surface area contributed by atoms with E-state index < -0.39 is 10.0 Å². The number of halogens is 1. The lowest BCUT2D eigenvalue weighted by atomic mass is 10.1. The van der Waals surface area contributed by atoms with Gasteiger partial charge in [0.15, 0.2) is 0 Å². The predicted molar refractivity (Wildman–Crippen MR) is 112 cm³/mol. The number of anilines is 1. The van der Waals surface area contributed by atoms with E-state index in [0.717, 1.165) is 28.0 Å². The Morgan fingerprint density at radius 3 is 2.64 bits per heavy atom. The Morgan fingerprint density at radius 2 is 1.86 bits per heavy atom. The number of aromatic nitrogens is 2. The average Bonchev–Trinajstić information content (AvgIpc) is 3.06. The predicted octanol–water partition coefficient (Wildman–Crippen LogP) is 5.07. The van der Waals surface area contributed by atoms with Crippen molar-refractivity contribution in [1.82, 2.24) is 9.38 Å². The van der Waals surface area contributed by atoms with Crippen LogP contribution in [0.4, 0.5) is 5.69 Å². The van der Waals surface area contributed by atoms with Crippen LogP contribution in [-0.2, 0) is 10.0 Å². The number of nitrogens with zero attached hydrogens (tertiary/aromatic N) is 2. The zero-order chi connectivity index (χ0) is 19.9. The van der Waals surface area contributed by atoms with Gasteiger partial charge < -0.3 is 4.40 Å². The molecule has 1 N–H and O–H groups in total. The quantitative estimate of drug-likeness (QED) is 0.509. The van der Waals surface area contributed by atoms with Crippen molar-refractivity contribution < 1.29 is 8.42 Å². The van der Waals surface area contributed by atoms with Gasteiger partial charge in [-0.05, 0) is 61.4 Å². The van der Waals surface area contributed by atoms with Crippen molar-refractivity contribution in [2.45, 2.75) is 18.7 Å². The zero-order valence-corrected chi connectivity index (χ0v) is 16.9. The Bertz CT molecular complexity index is 1300. The second-order valence-electron chi connectivity index (χ2n) is 6.69. The van der Waals surface area contributed by atoms with Crippen LogP contribution in [0.5, 0.6) is 0 Å². The van der Waals surface area contributed by atoms with E-state index in [2.05, 4.69) is 9.71 Å². The maximum atomic E-state index is 12.7. The average molecular weight is 412 g/mol. The van der Waals surface area contributed by atoms with Crippen molar-refractivity contribution in [3.63, 3.8) is 0 Å². The summed E-state index contributed by atoms with van der Waals surface area (Å²) in [7, 11) is -3.75. The van der Waals surface area contributed by atoms with E-state index in [1.165, 1.54) is 12.1 Å².